The Kier molecular flexibility index (Phi) is 3.46. The van der Waals surface area contributed by atoms with Gasteiger partial charge in [-0.2, -0.15) is 11.8 Å². The van der Waals surface area contributed by atoms with Crippen LogP contribution < -0.4 is 5.32 Å². The minimum absolute atomic E-state index is 0.819. The van der Waals surface area contributed by atoms with E-state index in [4.69, 9.17) is 0 Å². The third-order valence-electron chi connectivity index (χ3n) is 4.82. The minimum Gasteiger partial charge on any atom is -0.314 e. The van der Waals surface area contributed by atoms with Crippen LogP contribution in [0.1, 0.15) is 32.1 Å². The molecule has 0 aromatic carbocycles. The number of fused-ring (bicyclic) bond motifs is 2. The van der Waals surface area contributed by atoms with Crippen LogP contribution in [0.5, 0.6) is 0 Å². The first-order valence-electron chi connectivity index (χ1n) is 6.86. The van der Waals surface area contributed by atoms with E-state index in [0.717, 1.165) is 24.0 Å². The lowest BCUT2D eigenvalue weighted by molar-refractivity contribution is 0.147. The van der Waals surface area contributed by atoms with Gasteiger partial charge in [-0.15, -0.1) is 0 Å². The molecule has 3 heterocycles. The highest BCUT2D eigenvalue weighted by atomic mass is 32.2. The SMILES string of the molecule is CN1C2CCC1CC(NCC1CCSC1)C2. The monoisotopic (exact) mass is 240 g/mol. The molecule has 3 saturated heterocycles. The third-order valence-corrected chi connectivity index (χ3v) is 6.05. The maximum Gasteiger partial charge on any atom is 0.0111 e. The van der Waals surface area contributed by atoms with Crippen molar-refractivity contribution in [3.05, 3.63) is 0 Å². The van der Waals surface area contributed by atoms with Crippen LogP contribution in [-0.2, 0) is 0 Å². The molecule has 0 radical (unpaired) electrons. The van der Waals surface area contributed by atoms with Gasteiger partial charge in [-0.25, -0.2) is 0 Å². The Hall–Kier alpha value is 0.270. The Bertz CT molecular complexity index is 226. The van der Waals surface area contributed by atoms with E-state index in [9.17, 15) is 0 Å². The summed E-state index contributed by atoms with van der Waals surface area (Å²) in [6, 6.07) is 2.59. The van der Waals surface area contributed by atoms with Gasteiger partial charge in [0, 0.05) is 18.1 Å². The summed E-state index contributed by atoms with van der Waals surface area (Å²) in [5.41, 5.74) is 0. The maximum absolute atomic E-state index is 3.84. The molecule has 1 N–H and O–H groups in total. The molecule has 92 valence electrons. The molecule has 3 rings (SSSR count). The molecular formula is C13H24N2S. The van der Waals surface area contributed by atoms with Crippen LogP contribution in [0.15, 0.2) is 0 Å². The van der Waals surface area contributed by atoms with E-state index in [1.54, 1.807) is 0 Å². The molecule has 3 unspecified atom stereocenters. The lowest BCUT2D eigenvalue weighted by Gasteiger charge is -2.37. The van der Waals surface area contributed by atoms with Crippen molar-refractivity contribution in [2.45, 2.75) is 50.2 Å². The van der Waals surface area contributed by atoms with E-state index >= 15 is 0 Å². The van der Waals surface area contributed by atoms with Crippen molar-refractivity contribution in [3.8, 4) is 0 Å². The van der Waals surface area contributed by atoms with Crippen molar-refractivity contribution in [2.24, 2.45) is 5.92 Å². The number of piperidine rings is 1. The summed E-state index contributed by atoms with van der Waals surface area (Å²) >= 11 is 2.13. The van der Waals surface area contributed by atoms with Crippen molar-refractivity contribution in [2.75, 3.05) is 25.1 Å². The fraction of sp³-hybridized carbons (Fsp3) is 1.00. The van der Waals surface area contributed by atoms with Gasteiger partial charge < -0.3 is 10.2 Å². The largest absolute Gasteiger partial charge is 0.314 e. The lowest BCUT2D eigenvalue weighted by Crippen LogP contribution is -2.48. The Morgan fingerprint density at radius 2 is 1.94 bits per heavy atom. The second-order valence-corrected chi connectivity index (χ2v) is 7.01. The number of hydrogen-bond acceptors (Lipinski definition) is 3. The zero-order valence-corrected chi connectivity index (χ0v) is 11.1. The average Bonchev–Trinajstić information content (AvgIpc) is 2.84. The van der Waals surface area contributed by atoms with E-state index in [-0.39, 0.29) is 0 Å². The molecule has 0 amide bonds. The highest BCUT2D eigenvalue weighted by molar-refractivity contribution is 7.99. The third kappa shape index (κ3) is 2.27. The van der Waals surface area contributed by atoms with Gasteiger partial charge in [-0.3, -0.25) is 0 Å². The molecule has 3 aliphatic heterocycles. The molecule has 3 aliphatic rings. The smallest absolute Gasteiger partial charge is 0.0111 e. The molecule has 0 aromatic heterocycles. The van der Waals surface area contributed by atoms with Gasteiger partial charge in [0.15, 0.2) is 0 Å². The predicted octanol–water partition coefficient (Wildman–Crippen LogP) is 1.95. The zero-order chi connectivity index (χ0) is 11.0. The van der Waals surface area contributed by atoms with E-state index in [1.165, 1.54) is 50.2 Å². The summed E-state index contributed by atoms with van der Waals surface area (Å²) in [6.07, 6.45) is 7.12. The van der Waals surface area contributed by atoms with E-state index in [2.05, 4.69) is 29.0 Å². The molecule has 2 bridgehead atoms. The van der Waals surface area contributed by atoms with E-state index < -0.39 is 0 Å². The van der Waals surface area contributed by atoms with Gasteiger partial charge in [0.1, 0.15) is 0 Å². The molecule has 0 saturated carbocycles. The Labute approximate surface area is 104 Å². The van der Waals surface area contributed by atoms with Gasteiger partial charge in [-0.1, -0.05) is 0 Å². The van der Waals surface area contributed by atoms with Crippen LogP contribution in [0.25, 0.3) is 0 Å². The predicted molar refractivity (Wildman–Crippen MR) is 71.0 cm³/mol. The first-order chi connectivity index (χ1) is 7.83. The van der Waals surface area contributed by atoms with Crippen molar-refractivity contribution in [1.82, 2.24) is 10.2 Å². The standard InChI is InChI=1S/C13H24N2S/c1-15-12-2-3-13(15)7-11(6-12)14-8-10-4-5-16-9-10/h10-14H,2-9H2,1H3. The topological polar surface area (TPSA) is 15.3 Å². The van der Waals surface area contributed by atoms with Crippen molar-refractivity contribution < 1.29 is 0 Å². The van der Waals surface area contributed by atoms with Crippen LogP contribution in [-0.4, -0.2) is 48.1 Å². The Morgan fingerprint density at radius 3 is 2.56 bits per heavy atom. The summed E-state index contributed by atoms with van der Waals surface area (Å²) in [5, 5.41) is 3.84. The van der Waals surface area contributed by atoms with Crippen LogP contribution in [0, 0.1) is 5.92 Å². The molecule has 16 heavy (non-hydrogen) atoms. The molecule has 2 nitrogen and oxygen atoms in total. The number of thioether (sulfide) groups is 1. The second kappa shape index (κ2) is 4.87. The highest BCUT2D eigenvalue weighted by Gasteiger charge is 2.38. The molecule has 0 aromatic rings. The Morgan fingerprint density at radius 1 is 1.19 bits per heavy atom. The summed E-state index contributed by atoms with van der Waals surface area (Å²) in [4.78, 5) is 2.63. The zero-order valence-electron chi connectivity index (χ0n) is 10.3. The van der Waals surface area contributed by atoms with Gasteiger partial charge in [0.2, 0.25) is 0 Å². The Balaban J connectivity index is 1.46. The summed E-state index contributed by atoms with van der Waals surface area (Å²) in [6.45, 7) is 1.28. The lowest BCUT2D eigenvalue weighted by atomic mass is 9.97. The second-order valence-electron chi connectivity index (χ2n) is 5.86. The highest BCUT2D eigenvalue weighted by Crippen LogP contribution is 2.34. The normalized spacial score (nSPS) is 44.1. The summed E-state index contributed by atoms with van der Waals surface area (Å²) < 4.78 is 0. The van der Waals surface area contributed by atoms with Crippen LogP contribution in [0.2, 0.25) is 0 Å². The first kappa shape index (κ1) is 11.4. The first-order valence-corrected chi connectivity index (χ1v) is 8.01. The molecule has 3 heteroatoms. The van der Waals surface area contributed by atoms with Gasteiger partial charge in [-0.05, 0) is 63.1 Å². The number of nitrogens with one attached hydrogen (secondary N) is 1. The van der Waals surface area contributed by atoms with Crippen molar-refractivity contribution in [1.29, 1.82) is 0 Å². The average molecular weight is 240 g/mol. The molecular weight excluding hydrogens is 216 g/mol. The van der Waals surface area contributed by atoms with Crippen LogP contribution in [0.4, 0.5) is 0 Å². The van der Waals surface area contributed by atoms with Crippen molar-refractivity contribution in [3.63, 3.8) is 0 Å². The number of hydrogen-bond donors (Lipinski definition) is 1. The molecule has 0 spiro atoms. The minimum atomic E-state index is 0.819. The number of rotatable bonds is 3. The molecule has 3 fully saturated rings. The summed E-state index contributed by atoms with van der Waals surface area (Å²) in [7, 11) is 2.33. The molecule has 0 aliphatic carbocycles. The van der Waals surface area contributed by atoms with Gasteiger partial charge >= 0.3 is 0 Å². The van der Waals surface area contributed by atoms with E-state index in [0.29, 0.717) is 0 Å². The van der Waals surface area contributed by atoms with Crippen molar-refractivity contribution >= 4 is 11.8 Å². The number of nitrogens with zero attached hydrogens (tertiary/aromatic N) is 1. The summed E-state index contributed by atoms with van der Waals surface area (Å²) in [5.74, 6) is 3.75. The molecule has 3 atom stereocenters. The fourth-order valence-electron chi connectivity index (χ4n) is 3.66. The fourth-order valence-corrected chi connectivity index (χ4v) is 4.94. The van der Waals surface area contributed by atoms with Crippen LogP contribution in [0.3, 0.4) is 0 Å². The maximum atomic E-state index is 3.84. The van der Waals surface area contributed by atoms with Crippen LogP contribution >= 0.6 is 11.8 Å². The van der Waals surface area contributed by atoms with Gasteiger partial charge in [0.05, 0.1) is 0 Å². The quantitative estimate of drug-likeness (QED) is 0.812. The van der Waals surface area contributed by atoms with Gasteiger partial charge in [0.25, 0.3) is 0 Å². The van der Waals surface area contributed by atoms with E-state index in [1.807, 2.05) is 0 Å².